The van der Waals surface area contributed by atoms with E-state index in [0.29, 0.717) is 11.8 Å². The van der Waals surface area contributed by atoms with Crippen LogP contribution in [0.5, 0.6) is 0 Å². The molecule has 4 nitrogen and oxygen atoms in total. The highest BCUT2D eigenvalue weighted by Gasteiger charge is 2.15. The number of thioether (sulfide) groups is 1. The van der Waals surface area contributed by atoms with E-state index in [1.807, 2.05) is 0 Å². The summed E-state index contributed by atoms with van der Waals surface area (Å²) in [4.78, 5) is 19.9. The Kier molecular flexibility index (Phi) is 3.26. The molecule has 0 aromatic carbocycles. The fraction of sp³-hybridized carbons (Fsp3) is 0.500. The van der Waals surface area contributed by atoms with E-state index in [-0.39, 0.29) is 0 Å². The molecule has 0 amide bonds. The predicted octanol–water partition coefficient (Wildman–Crippen LogP) is -0.331. The van der Waals surface area contributed by atoms with Crippen molar-refractivity contribution in [3.63, 3.8) is 0 Å². The molecule has 0 aliphatic heterocycles. The Morgan fingerprint density at radius 2 is 2.00 bits per heavy atom. The van der Waals surface area contributed by atoms with Crippen LogP contribution in [0.4, 0.5) is 0 Å². The van der Waals surface area contributed by atoms with Gasteiger partial charge in [-0.05, 0) is 11.8 Å². The van der Waals surface area contributed by atoms with Crippen LogP contribution in [0, 0.1) is 0 Å². The molecular weight excluding hydrogens is 144 g/mol. The van der Waals surface area contributed by atoms with Crippen LogP contribution in [-0.2, 0) is 9.59 Å². The smallest absolute Gasteiger partial charge is 0.343 e. The van der Waals surface area contributed by atoms with Gasteiger partial charge in [-0.1, -0.05) is 0 Å². The number of aliphatic carboxylic acids is 1. The van der Waals surface area contributed by atoms with Gasteiger partial charge in [-0.15, -0.1) is 0 Å². The first-order valence-corrected chi connectivity index (χ1v) is 3.00. The molecule has 0 saturated carbocycles. The highest BCUT2D eigenvalue weighted by Crippen LogP contribution is 2.07. The van der Waals surface area contributed by atoms with Crippen LogP contribution in [0.1, 0.15) is 6.92 Å². The van der Waals surface area contributed by atoms with E-state index in [1.54, 1.807) is 0 Å². The summed E-state index contributed by atoms with van der Waals surface area (Å²) < 4.78 is 0. The zero-order chi connectivity index (χ0) is 7.44. The minimum atomic E-state index is -1.62. The van der Waals surface area contributed by atoms with Gasteiger partial charge >= 0.3 is 5.97 Å². The van der Waals surface area contributed by atoms with Crippen LogP contribution in [0.3, 0.4) is 0 Å². The Labute approximate surface area is 55.9 Å². The summed E-state index contributed by atoms with van der Waals surface area (Å²) >= 11 is 0.380. The molecule has 0 rings (SSSR count). The number of carbonyl (C=O) groups is 2. The standard InChI is InChI=1S/C4H6O4S/c1-2(5)9-4(8)3(6)7/h4,8H,1H3,(H,6,7). The first-order chi connectivity index (χ1) is 4.04. The van der Waals surface area contributed by atoms with E-state index in [0.717, 1.165) is 0 Å². The van der Waals surface area contributed by atoms with Crippen LogP contribution in [0.25, 0.3) is 0 Å². The Bertz CT molecular complexity index is 133. The van der Waals surface area contributed by atoms with Crippen molar-refractivity contribution in [1.82, 2.24) is 0 Å². The van der Waals surface area contributed by atoms with Crippen molar-refractivity contribution >= 4 is 22.8 Å². The molecule has 0 radical (unpaired) electrons. The first-order valence-electron chi connectivity index (χ1n) is 2.12. The summed E-state index contributed by atoms with van der Waals surface area (Å²) in [6.07, 6.45) is 0. The van der Waals surface area contributed by atoms with Crippen molar-refractivity contribution in [2.75, 3.05) is 0 Å². The SMILES string of the molecule is CC(=O)SC(O)C(=O)O. The lowest BCUT2D eigenvalue weighted by molar-refractivity contribution is -0.142. The zero-order valence-corrected chi connectivity index (χ0v) is 5.51. The average molecular weight is 150 g/mol. The van der Waals surface area contributed by atoms with Crippen LogP contribution >= 0.6 is 11.8 Å². The Morgan fingerprint density at radius 1 is 1.56 bits per heavy atom. The van der Waals surface area contributed by atoms with E-state index in [4.69, 9.17) is 10.2 Å². The molecule has 52 valence electrons. The molecule has 0 spiro atoms. The lowest BCUT2D eigenvalue weighted by Gasteiger charge is -1.98. The van der Waals surface area contributed by atoms with Gasteiger partial charge in [0.1, 0.15) is 0 Å². The summed E-state index contributed by atoms with van der Waals surface area (Å²) in [6, 6.07) is 0. The molecule has 5 heteroatoms. The Hall–Kier alpha value is -0.550. The minimum absolute atomic E-state index is 0.380. The molecule has 0 aromatic heterocycles. The van der Waals surface area contributed by atoms with Gasteiger partial charge in [-0.25, -0.2) is 4.79 Å². The highest BCUT2D eigenvalue weighted by atomic mass is 32.2. The second-order valence-electron chi connectivity index (χ2n) is 1.30. The summed E-state index contributed by atoms with van der Waals surface area (Å²) in [5.74, 6) is -1.39. The van der Waals surface area contributed by atoms with Gasteiger partial charge < -0.3 is 10.2 Å². The molecule has 0 aliphatic carbocycles. The molecule has 0 fully saturated rings. The maximum absolute atomic E-state index is 10.1. The van der Waals surface area contributed by atoms with Crippen LogP contribution in [-0.4, -0.2) is 26.7 Å². The molecule has 1 unspecified atom stereocenters. The lowest BCUT2D eigenvalue weighted by atomic mass is 10.7. The Balaban J connectivity index is 3.63. The molecule has 0 heterocycles. The Morgan fingerprint density at radius 3 is 2.11 bits per heavy atom. The first kappa shape index (κ1) is 8.45. The summed E-state index contributed by atoms with van der Waals surface area (Å²) in [5, 5.41) is 16.0. The zero-order valence-electron chi connectivity index (χ0n) is 4.70. The fourth-order valence-corrected chi connectivity index (χ4v) is 0.623. The van der Waals surface area contributed by atoms with Gasteiger partial charge in [0.15, 0.2) is 5.12 Å². The fourth-order valence-electron chi connectivity index (χ4n) is 0.208. The molecule has 2 N–H and O–H groups in total. The highest BCUT2D eigenvalue weighted by molar-refractivity contribution is 8.14. The van der Waals surface area contributed by atoms with Crippen molar-refractivity contribution in [2.45, 2.75) is 12.4 Å². The summed E-state index contributed by atoms with van der Waals surface area (Å²) in [6.45, 7) is 1.19. The topological polar surface area (TPSA) is 74.6 Å². The molecular formula is C4H6O4S. The quantitative estimate of drug-likeness (QED) is 0.527. The number of hydrogen-bond donors (Lipinski definition) is 2. The predicted molar refractivity (Wildman–Crippen MR) is 31.9 cm³/mol. The lowest BCUT2D eigenvalue weighted by Crippen LogP contribution is -2.16. The van der Waals surface area contributed by atoms with E-state index >= 15 is 0 Å². The van der Waals surface area contributed by atoms with Gasteiger partial charge in [0.2, 0.25) is 5.44 Å². The number of aliphatic hydroxyl groups is 1. The average Bonchev–Trinajstić information content (AvgIpc) is 1.63. The molecule has 9 heavy (non-hydrogen) atoms. The second kappa shape index (κ2) is 3.47. The van der Waals surface area contributed by atoms with Gasteiger partial charge in [0.05, 0.1) is 0 Å². The maximum Gasteiger partial charge on any atom is 0.343 e. The molecule has 0 aliphatic rings. The summed E-state index contributed by atoms with van der Waals surface area (Å²) in [7, 11) is 0. The number of aliphatic hydroxyl groups excluding tert-OH is 1. The van der Waals surface area contributed by atoms with Gasteiger partial charge in [0.25, 0.3) is 0 Å². The van der Waals surface area contributed by atoms with Crippen molar-refractivity contribution in [3.8, 4) is 0 Å². The third-order valence-electron chi connectivity index (χ3n) is 0.489. The van der Waals surface area contributed by atoms with E-state index in [1.165, 1.54) is 6.92 Å². The van der Waals surface area contributed by atoms with Crippen LogP contribution in [0.2, 0.25) is 0 Å². The van der Waals surface area contributed by atoms with E-state index in [2.05, 4.69) is 0 Å². The number of carbonyl (C=O) groups excluding carboxylic acids is 1. The molecule has 0 aromatic rings. The monoisotopic (exact) mass is 150 g/mol. The van der Waals surface area contributed by atoms with Crippen molar-refractivity contribution in [1.29, 1.82) is 0 Å². The van der Waals surface area contributed by atoms with Crippen molar-refractivity contribution in [3.05, 3.63) is 0 Å². The van der Waals surface area contributed by atoms with E-state index < -0.39 is 16.5 Å². The van der Waals surface area contributed by atoms with Crippen molar-refractivity contribution in [2.24, 2.45) is 0 Å². The third kappa shape index (κ3) is 3.99. The molecule has 0 saturated heterocycles. The van der Waals surface area contributed by atoms with Gasteiger partial charge in [-0.3, -0.25) is 4.79 Å². The van der Waals surface area contributed by atoms with E-state index in [9.17, 15) is 9.59 Å². The number of carboxylic acid groups (broad SMARTS) is 1. The third-order valence-corrected chi connectivity index (χ3v) is 1.25. The number of hydrogen-bond acceptors (Lipinski definition) is 4. The van der Waals surface area contributed by atoms with Crippen LogP contribution in [0.15, 0.2) is 0 Å². The number of rotatable bonds is 2. The molecule has 1 atom stereocenters. The van der Waals surface area contributed by atoms with Crippen molar-refractivity contribution < 1.29 is 19.8 Å². The van der Waals surface area contributed by atoms with Crippen LogP contribution < -0.4 is 0 Å². The summed E-state index contributed by atoms with van der Waals surface area (Å²) in [5.41, 5.74) is -1.62. The normalized spacial score (nSPS) is 12.7. The molecule has 0 bridgehead atoms. The maximum atomic E-state index is 10.1. The van der Waals surface area contributed by atoms with Gasteiger partial charge in [-0.2, -0.15) is 0 Å². The minimum Gasteiger partial charge on any atom is -0.479 e. The largest absolute Gasteiger partial charge is 0.479 e. The van der Waals surface area contributed by atoms with Gasteiger partial charge in [0, 0.05) is 6.92 Å². The second-order valence-corrected chi connectivity index (χ2v) is 2.56. The number of carboxylic acids is 1.